The van der Waals surface area contributed by atoms with E-state index in [4.69, 9.17) is 4.74 Å². The van der Waals surface area contributed by atoms with Crippen molar-refractivity contribution in [3.05, 3.63) is 50.6 Å². The van der Waals surface area contributed by atoms with E-state index in [1.54, 1.807) is 32.2 Å². The number of carbonyl (C=O) groups excluding carboxylic acids is 2. The van der Waals surface area contributed by atoms with E-state index in [0.29, 0.717) is 32.5 Å². The first-order valence-corrected chi connectivity index (χ1v) is 12.4. The third-order valence-corrected chi connectivity index (χ3v) is 7.72. The Labute approximate surface area is 194 Å². The number of hydrogen-bond acceptors (Lipinski definition) is 7. The Morgan fingerprint density at radius 2 is 2.12 bits per heavy atom. The zero-order valence-electron chi connectivity index (χ0n) is 18.3. The maximum Gasteiger partial charge on any atom is 0.341 e. The number of para-hydroxylation sites is 1. The van der Waals surface area contributed by atoms with E-state index in [9.17, 15) is 14.4 Å². The molecule has 0 spiro atoms. The molecule has 2 aromatic heterocycles. The number of nitrogens with one attached hydrogen (secondary N) is 1. The Bertz CT molecular complexity index is 1250. The number of fused-ring (bicyclic) bond motifs is 2. The summed E-state index contributed by atoms with van der Waals surface area (Å²) in [6, 6.07) is 7.15. The quantitative estimate of drug-likeness (QED) is 0.332. The number of anilines is 1. The molecule has 1 unspecified atom stereocenters. The molecule has 1 N–H and O–H groups in total. The second kappa shape index (κ2) is 9.46. The minimum absolute atomic E-state index is 0.0693. The van der Waals surface area contributed by atoms with Gasteiger partial charge in [0, 0.05) is 11.9 Å². The highest BCUT2D eigenvalue weighted by Gasteiger charge is 2.29. The standard InChI is InChI=1S/C23H25N3O4S2/c1-4-30-22(29)19-15-10-9-13(2)11-17(15)32-20(19)25-18(27)12-31-23-24-16-8-6-5-7-14(16)21(28)26(23)3/h5-8,13H,4,9-12H2,1-3H3,(H,25,27). The van der Waals surface area contributed by atoms with Crippen molar-refractivity contribution in [3.63, 3.8) is 0 Å². The zero-order valence-corrected chi connectivity index (χ0v) is 19.9. The van der Waals surface area contributed by atoms with E-state index in [0.717, 1.165) is 29.7 Å². The largest absolute Gasteiger partial charge is 0.462 e. The number of ether oxygens (including phenoxy) is 1. The normalized spacial score (nSPS) is 15.4. The van der Waals surface area contributed by atoms with Gasteiger partial charge in [-0.1, -0.05) is 30.8 Å². The van der Waals surface area contributed by atoms with E-state index in [1.807, 2.05) is 6.07 Å². The van der Waals surface area contributed by atoms with Gasteiger partial charge in [-0.15, -0.1) is 11.3 Å². The van der Waals surface area contributed by atoms with Crippen molar-refractivity contribution < 1.29 is 14.3 Å². The molecule has 32 heavy (non-hydrogen) atoms. The molecule has 0 radical (unpaired) electrons. The van der Waals surface area contributed by atoms with Crippen LogP contribution in [-0.4, -0.2) is 33.8 Å². The smallest absolute Gasteiger partial charge is 0.341 e. The van der Waals surface area contributed by atoms with Gasteiger partial charge in [-0.05, 0) is 49.8 Å². The molecule has 0 fully saturated rings. The van der Waals surface area contributed by atoms with Crippen LogP contribution < -0.4 is 10.9 Å². The van der Waals surface area contributed by atoms with Crippen LogP contribution in [0.5, 0.6) is 0 Å². The topological polar surface area (TPSA) is 90.3 Å². The van der Waals surface area contributed by atoms with Gasteiger partial charge in [-0.25, -0.2) is 9.78 Å². The third-order valence-electron chi connectivity index (χ3n) is 5.52. The van der Waals surface area contributed by atoms with Crippen LogP contribution in [0.1, 0.15) is 41.1 Å². The number of amides is 1. The number of thioether (sulfide) groups is 1. The number of esters is 1. The number of hydrogen-bond donors (Lipinski definition) is 1. The fourth-order valence-electron chi connectivity index (χ4n) is 3.88. The van der Waals surface area contributed by atoms with E-state index in [1.165, 1.54) is 27.7 Å². The molecule has 1 amide bonds. The van der Waals surface area contributed by atoms with E-state index in [2.05, 4.69) is 17.2 Å². The minimum Gasteiger partial charge on any atom is -0.462 e. The molecule has 0 aliphatic heterocycles. The van der Waals surface area contributed by atoms with Gasteiger partial charge in [0.15, 0.2) is 5.16 Å². The van der Waals surface area contributed by atoms with Crippen LogP contribution in [0, 0.1) is 5.92 Å². The van der Waals surface area contributed by atoms with Crippen molar-refractivity contribution in [1.82, 2.24) is 9.55 Å². The van der Waals surface area contributed by atoms with Gasteiger partial charge in [-0.3, -0.25) is 14.2 Å². The molecular formula is C23H25N3O4S2. The molecule has 9 heteroatoms. The number of nitrogens with zero attached hydrogens (tertiary/aromatic N) is 2. The molecule has 1 atom stereocenters. The SMILES string of the molecule is CCOC(=O)c1c(NC(=O)CSc2nc3ccccc3c(=O)n2C)sc2c1CCC(C)C2. The second-order valence-electron chi connectivity index (χ2n) is 7.89. The summed E-state index contributed by atoms with van der Waals surface area (Å²) in [4.78, 5) is 43.6. The van der Waals surface area contributed by atoms with Crippen molar-refractivity contribution in [3.8, 4) is 0 Å². The molecule has 1 aliphatic carbocycles. The number of thiophene rings is 1. The number of rotatable bonds is 6. The average molecular weight is 472 g/mol. The Kier molecular flexibility index (Phi) is 6.66. The van der Waals surface area contributed by atoms with Crippen LogP contribution in [0.3, 0.4) is 0 Å². The zero-order chi connectivity index (χ0) is 22.8. The molecule has 3 aromatic rings. The summed E-state index contributed by atoms with van der Waals surface area (Å²) in [6.45, 7) is 4.25. The fourth-order valence-corrected chi connectivity index (χ4v) is 6.06. The molecule has 7 nitrogen and oxygen atoms in total. The number of carbonyl (C=O) groups is 2. The Hall–Kier alpha value is -2.65. The third kappa shape index (κ3) is 4.45. The monoisotopic (exact) mass is 471 g/mol. The first kappa shape index (κ1) is 22.5. The minimum atomic E-state index is -0.388. The summed E-state index contributed by atoms with van der Waals surface area (Å²) in [5, 5.41) is 4.46. The highest BCUT2D eigenvalue weighted by atomic mass is 32.2. The van der Waals surface area contributed by atoms with Gasteiger partial charge >= 0.3 is 5.97 Å². The van der Waals surface area contributed by atoms with Crippen molar-refractivity contribution in [2.45, 2.75) is 38.3 Å². The molecular weight excluding hydrogens is 446 g/mol. The Balaban J connectivity index is 1.54. The van der Waals surface area contributed by atoms with Crippen LogP contribution >= 0.6 is 23.1 Å². The van der Waals surface area contributed by atoms with Gasteiger partial charge in [0.1, 0.15) is 5.00 Å². The highest BCUT2D eigenvalue weighted by Crippen LogP contribution is 2.40. The lowest BCUT2D eigenvalue weighted by atomic mass is 9.88. The molecule has 2 heterocycles. The maximum absolute atomic E-state index is 12.8. The van der Waals surface area contributed by atoms with Crippen LogP contribution in [-0.2, 0) is 29.4 Å². The highest BCUT2D eigenvalue weighted by molar-refractivity contribution is 7.99. The first-order chi connectivity index (χ1) is 15.4. The summed E-state index contributed by atoms with van der Waals surface area (Å²) < 4.78 is 6.72. The summed E-state index contributed by atoms with van der Waals surface area (Å²) in [6.07, 6.45) is 2.73. The number of aromatic nitrogens is 2. The van der Waals surface area contributed by atoms with Gasteiger partial charge in [0.25, 0.3) is 5.56 Å². The summed E-state index contributed by atoms with van der Waals surface area (Å²) in [7, 11) is 1.65. The van der Waals surface area contributed by atoms with Gasteiger partial charge < -0.3 is 10.1 Å². The maximum atomic E-state index is 12.8. The summed E-state index contributed by atoms with van der Waals surface area (Å²) in [5.41, 5.74) is 1.95. The van der Waals surface area contributed by atoms with E-state index >= 15 is 0 Å². The summed E-state index contributed by atoms with van der Waals surface area (Å²) in [5.74, 6) is -0.0221. The molecule has 4 rings (SSSR count). The van der Waals surface area contributed by atoms with Crippen LogP contribution in [0.25, 0.3) is 10.9 Å². The molecule has 0 saturated carbocycles. The fraction of sp³-hybridized carbons (Fsp3) is 0.391. The lowest BCUT2D eigenvalue weighted by molar-refractivity contribution is -0.113. The predicted octanol–water partition coefficient (Wildman–Crippen LogP) is 4.03. The van der Waals surface area contributed by atoms with Gasteiger partial charge in [0.2, 0.25) is 5.91 Å². The lowest BCUT2D eigenvalue weighted by Gasteiger charge is -2.18. The van der Waals surface area contributed by atoms with E-state index < -0.39 is 0 Å². The lowest BCUT2D eigenvalue weighted by Crippen LogP contribution is -2.21. The van der Waals surface area contributed by atoms with E-state index in [-0.39, 0.29) is 29.8 Å². The summed E-state index contributed by atoms with van der Waals surface area (Å²) >= 11 is 2.66. The number of benzene rings is 1. The predicted molar refractivity (Wildman–Crippen MR) is 128 cm³/mol. The van der Waals surface area contributed by atoms with Crippen LogP contribution in [0.15, 0.2) is 34.2 Å². The van der Waals surface area contributed by atoms with Crippen molar-refractivity contribution >= 4 is 50.9 Å². The molecule has 0 saturated heterocycles. The average Bonchev–Trinajstić information content (AvgIpc) is 3.12. The molecule has 0 bridgehead atoms. The second-order valence-corrected chi connectivity index (χ2v) is 9.94. The molecule has 168 valence electrons. The van der Waals surface area contributed by atoms with Crippen molar-refractivity contribution in [2.75, 3.05) is 17.7 Å². The molecule has 1 aromatic carbocycles. The first-order valence-electron chi connectivity index (χ1n) is 10.6. The van der Waals surface area contributed by atoms with Crippen molar-refractivity contribution in [1.29, 1.82) is 0 Å². The Morgan fingerprint density at radius 3 is 2.91 bits per heavy atom. The van der Waals surface area contributed by atoms with Gasteiger partial charge in [0.05, 0.1) is 28.8 Å². The van der Waals surface area contributed by atoms with Crippen molar-refractivity contribution in [2.24, 2.45) is 13.0 Å². The van der Waals surface area contributed by atoms with Gasteiger partial charge in [-0.2, -0.15) is 0 Å². The van der Waals surface area contributed by atoms with Crippen LogP contribution in [0.4, 0.5) is 5.00 Å². The molecule has 1 aliphatic rings. The van der Waals surface area contributed by atoms with Crippen LogP contribution in [0.2, 0.25) is 0 Å². The Morgan fingerprint density at radius 1 is 1.34 bits per heavy atom.